The van der Waals surface area contributed by atoms with E-state index in [0.717, 1.165) is 0 Å². The Labute approximate surface area is 137 Å². The second kappa shape index (κ2) is 7.69. The lowest BCUT2D eigenvalue weighted by Crippen LogP contribution is -2.16. The Kier molecular flexibility index (Phi) is 5.41. The summed E-state index contributed by atoms with van der Waals surface area (Å²) in [5.41, 5.74) is 0.153. The maximum atomic E-state index is 12.1. The minimum atomic E-state index is -0.785. The highest BCUT2D eigenvalue weighted by molar-refractivity contribution is 6.07. The fourth-order valence-electron chi connectivity index (χ4n) is 1.92. The predicted molar refractivity (Wildman–Crippen MR) is 82.1 cm³/mol. The van der Waals surface area contributed by atoms with E-state index < -0.39 is 18.5 Å². The van der Waals surface area contributed by atoms with Crippen molar-refractivity contribution in [3.63, 3.8) is 0 Å². The van der Waals surface area contributed by atoms with Crippen LogP contribution in [-0.2, 0) is 4.74 Å². The van der Waals surface area contributed by atoms with Crippen molar-refractivity contribution in [3.8, 4) is 17.6 Å². The summed E-state index contributed by atoms with van der Waals surface area (Å²) < 4.78 is 20.1. The molecular formula is C16H14N2O6. The van der Waals surface area contributed by atoms with Crippen molar-refractivity contribution >= 4 is 17.6 Å². The Morgan fingerprint density at radius 2 is 1.96 bits per heavy atom. The highest BCUT2D eigenvalue weighted by Gasteiger charge is 2.21. The Hall–Kier alpha value is -3.47. The monoisotopic (exact) mass is 330 g/mol. The van der Waals surface area contributed by atoms with Crippen molar-refractivity contribution in [2.75, 3.05) is 26.1 Å². The van der Waals surface area contributed by atoms with Gasteiger partial charge in [-0.3, -0.25) is 4.79 Å². The molecule has 0 atom stereocenters. The van der Waals surface area contributed by atoms with Crippen LogP contribution < -0.4 is 14.8 Å². The maximum absolute atomic E-state index is 12.1. The molecule has 0 unspecified atom stereocenters. The van der Waals surface area contributed by atoms with E-state index >= 15 is 0 Å². The zero-order chi connectivity index (χ0) is 17.5. The Bertz CT molecular complexity index is 777. The predicted octanol–water partition coefficient (Wildman–Crippen LogP) is 2.23. The molecule has 0 saturated carbocycles. The normalized spacial score (nSPS) is 9.71. The number of nitriles is 1. The van der Waals surface area contributed by atoms with Gasteiger partial charge in [0.15, 0.2) is 23.9 Å². The van der Waals surface area contributed by atoms with E-state index in [-0.39, 0.29) is 22.8 Å². The first-order valence-electron chi connectivity index (χ1n) is 6.75. The average molecular weight is 330 g/mol. The summed E-state index contributed by atoms with van der Waals surface area (Å²) in [4.78, 5) is 24.3. The fourth-order valence-corrected chi connectivity index (χ4v) is 1.92. The SMILES string of the molecule is COc1cc(NC(=O)c2ccco2)c(C(=O)OCC#N)cc1OC. The number of hydrogen-bond donors (Lipinski definition) is 1. The Balaban J connectivity index is 2.40. The first kappa shape index (κ1) is 16.9. The molecule has 24 heavy (non-hydrogen) atoms. The van der Waals surface area contributed by atoms with E-state index in [1.54, 1.807) is 12.1 Å². The van der Waals surface area contributed by atoms with E-state index in [1.165, 1.54) is 38.7 Å². The van der Waals surface area contributed by atoms with Gasteiger partial charge in [0.1, 0.15) is 6.07 Å². The molecular weight excluding hydrogens is 316 g/mol. The number of ether oxygens (including phenoxy) is 3. The van der Waals surface area contributed by atoms with Crippen LogP contribution in [0.4, 0.5) is 5.69 Å². The zero-order valence-electron chi connectivity index (χ0n) is 13.0. The summed E-state index contributed by atoms with van der Waals surface area (Å²) in [7, 11) is 2.83. The van der Waals surface area contributed by atoms with Gasteiger partial charge in [-0.1, -0.05) is 0 Å². The van der Waals surface area contributed by atoms with Gasteiger partial charge in [-0.2, -0.15) is 5.26 Å². The smallest absolute Gasteiger partial charge is 0.341 e. The minimum absolute atomic E-state index is 0.0165. The standard InChI is InChI=1S/C16H14N2O6/c1-21-13-8-10(16(20)24-7-5-17)11(9-14(13)22-2)18-15(19)12-4-3-6-23-12/h3-4,6,8-9H,7H2,1-2H3,(H,18,19). The number of hydrogen-bond acceptors (Lipinski definition) is 7. The van der Waals surface area contributed by atoms with Gasteiger partial charge >= 0.3 is 5.97 Å². The molecule has 0 aliphatic rings. The van der Waals surface area contributed by atoms with Crippen LogP contribution >= 0.6 is 0 Å². The number of anilines is 1. The molecule has 8 heteroatoms. The molecule has 0 saturated heterocycles. The molecule has 124 valence electrons. The molecule has 1 amide bonds. The third kappa shape index (κ3) is 3.64. The number of rotatable bonds is 6. The number of nitrogens with one attached hydrogen (secondary N) is 1. The van der Waals surface area contributed by atoms with Gasteiger partial charge in [0.25, 0.3) is 5.91 Å². The average Bonchev–Trinajstić information content (AvgIpc) is 3.13. The molecule has 0 spiro atoms. The lowest BCUT2D eigenvalue weighted by atomic mass is 10.1. The van der Waals surface area contributed by atoms with Gasteiger partial charge in [0, 0.05) is 12.1 Å². The van der Waals surface area contributed by atoms with Crippen molar-refractivity contribution in [1.29, 1.82) is 5.26 Å². The van der Waals surface area contributed by atoms with Crippen LogP contribution in [0.1, 0.15) is 20.9 Å². The summed E-state index contributed by atoms with van der Waals surface area (Å²) in [6, 6.07) is 7.51. The molecule has 0 bridgehead atoms. The highest BCUT2D eigenvalue weighted by Crippen LogP contribution is 2.34. The molecule has 8 nitrogen and oxygen atoms in total. The van der Waals surface area contributed by atoms with E-state index in [1.807, 2.05) is 0 Å². The Morgan fingerprint density at radius 1 is 1.25 bits per heavy atom. The second-order valence-corrected chi connectivity index (χ2v) is 4.42. The van der Waals surface area contributed by atoms with Crippen LogP contribution in [0.5, 0.6) is 11.5 Å². The van der Waals surface area contributed by atoms with Crippen molar-refractivity contribution in [1.82, 2.24) is 0 Å². The summed E-state index contributed by atoms with van der Waals surface area (Å²) in [5.74, 6) is -0.684. The largest absolute Gasteiger partial charge is 0.493 e. The molecule has 1 N–H and O–H groups in total. The summed E-state index contributed by atoms with van der Waals surface area (Å²) in [5, 5.41) is 11.1. The molecule has 1 heterocycles. The van der Waals surface area contributed by atoms with E-state index in [2.05, 4.69) is 5.32 Å². The Morgan fingerprint density at radius 3 is 2.54 bits per heavy atom. The number of methoxy groups -OCH3 is 2. The number of nitrogens with zero attached hydrogens (tertiary/aromatic N) is 1. The van der Waals surface area contributed by atoms with Crippen LogP contribution in [0, 0.1) is 11.3 Å². The van der Waals surface area contributed by atoms with E-state index in [0.29, 0.717) is 5.75 Å². The summed E-state index contributed by atoms with van der Waals surface area (Å²) in [6.45, 7) is -0.418. The van der Waals surface area contributed by atoms with Crippen molar-refractivity contribution < 1.29 is 28.2 Å². The zero-order valence-corrected chi connectivity index (χ0v) is 13.0. The number of carbonyl (C=O) groups excluding carboxylic acids is 2. The van der Waals surface area contributed by atoms with Gasteiger partial charge in [-0.05, 0) is 12.1 Å². The second-order valence-electron chi connectivity index (χ2n) is 4.42. The molecule has 0 aliphatic heterocycles. The minimum Gasteiger partial charge on any atom is -0.493 e. The van der Waals surface area contributed by atoms with Crippen LogP contribution in [0.2, 0.25) is 0 Å². The molecule has 2 rings (SSSR count). The molecule has 0 radical (unpaired) electrons. The number of benzene rings is 1. The lowest BCUT2D eigenvalue weighted by molar-refractivity contribution is 0.0555. The quantitative estimate of drug-likeness (QED) is 0.808. The third-order valence-corrected chi connectivity index (χ3v) is 3.00. The van der Waals surface area contributed by atoms with E-state index in [4.69, 9.17) is 23.9 Å². The first-order valence-corrected chi connectivity index (χ1v) is 6.75. The van der Waals surface area contributed by atoms with Crippen LogP contribution in [0.3, 0.4) is 0 Å². The number of furan rings is 1. The number of esters is 1. The summed E-state index contributed by atoms with van der Waals surface area (Å²) >= 11 is 0. The molecule has 1 aromatic carbocycles. The molecule has 0 fully saturated rings. The maximum Gasteiger partial charge on any atom is 0.341 e. The molecule has 2 aromatic rings. The van der Waals surface area contributed by atoms with Crippen molar-refractivity contribution in [2.45, 2.75) is 0 Å². The highest BCUT2D eigenvalue weighted by atomic mass is 16.5. The molecule has 1 aromatic heterocycles. The number of amides is 1. The van der Waals surface area contributed by atoms with Crippen LogP contribution in [0.25, 0.3) is 0 Å². The van der Waals surface area contributed by atoms with Gasteiger partial charge in [-0.25, -0.2) is 4.79 Å². The van der Waals surface area contributed by atoms with Gasteiger partial charge in [0.05, 0.1) is 31.7 Å². The van der Waals surface area contributed by atoms with E-state index in [9.17, 15) is 9.59 Å². The first-order chi connectivity index (χ1) is 11.6. The van der Waals surface area contributed by atoms with Crippen LogP contribution in [0.15, 0.2) is 34.9 Å². The van der Waals surface area contributed by atoms with Gasteiger partial charge in [0.2, 0.25) is 0 Å². The van der Waals surface area contributed by atoms with Crippen molar-refractivity contribution in [2.24, 2.45) is 0 Å². The van der Waals surface area contributed by atoms with Crippen molar-refractivity contribution in [3.05, 3.63) is 41.9 Å². The fraction of sp³-hybridized carbons (Fsp3) is 0.188. The molecule has 0 aliphatic carbocycles. The lowest BCUT2D eigenvalue weighted by Gasteiger charge is -2.14. The number of carbonyl (C=O) groups is 2. The van der Waals surface area contributed by atoms with Gasteiger partial charge < -0.3 is 23.9 Å². The van der Waals surface area contributed by atoms with Crippen LogP contribution in [-0.4, -0.2) is 32.7 Å². The van der Waals surface area contributed by atoms with Gasteiger partial charge in [-0.15, -0.1) is 0 Å². The topological polar surface area (TPSA) is 111 Å². The summed E-state index contributed by atoms with van der Waals surface area (Å²) in [6.07, 6.45) is 1.35. The third-order valence-electron chi connectivity index (χ3n) is 3.00.